The second-order valence-corrected chi connectivity index (χ2v) is 7.99. The maximum atomic E-state index is 13.4. The molecule has 0 bridgehead atoms. The van der Waals surface area contributed by atoms with Crippen molar-refractivity contribution in [2.24, 2.45) is 0 Å². The Morgan fingerprint density at radius 1 is 1.19 bits per heavy atom. The first kappa shape index (κ1) is 23.8. The van der Waals surface area contributed by atoms with E-state index in [0.29, 0.717) is 38.2 Å². The number of piperidine rings is 1. The van der Waals surface area contributed by atoms with E-state index in [2.05, 4.69) is 25.7 Å². The Hall–Kier alpha value is -2.89. The largest absolute Gasteiger partial charge is 0.421 e. The molecule has 1 aliphatic heterocycles. The van der Waals surface area contributed by atoms with Crippen LogP contribution in [0.2, 0.25) is 0 Å². The fraction of sp³-hybridized carbons (Fsp3) is 0.600. The molecule has 0 atom stereocenters. The third kappa shape index (κ3) is 6.81. The van der Waals surface area contributed by atoms with Gasteiger partial charge >= 0.3 is 6.18 Å². The average Bonchev–Trinajstić information content (AvgIpc) is 3.17. The summed E-state index contributed by atoms with van der Waals surface area (Å²) in [6.07, 6.45) is 2.42. The molecule has 1 saturated heterocycles. The van der Waals surface area contributed by atoms with E-state index < -0.39 is 11.7 Å². The molecule has 2 aromatic rings. The normalized spacial score (nSPS) is 14.8. The number of amides is 1. The van der Waals surface area contributed by atoms with Crippen molar-refractivity contribution in [3.63, 3.8) is 0 Å². The first-order valence-corrected chi connectivity index (χ1v) is 10.6. The molecule has 12 heteroatoms. The topological polar surface area (TPSA) is 91.2 Å². The van der Waals surface area contributed by atoms with Crippen LogP contribution in [0, 0.1) is 0 Å². The minimum Gasteiger partial charge on any atom is -0.369 e. The first-order chi connectivity index (χ1) is 15.2. The molecule has 0 unspecified atom stereocenters. The van der Waals surface area contributed by atoms with Gasteiger partial charge in [0.2, 0.25) is 11.9 Å². The lowest BCUT2D eigenvalue weighted by Crippen LogP contribution is -2.36. The van der Waals surface area contributed by atoms with E-state index in [1.807, 2.05) is 19.0 Å². The SMILES string of the molecule is CN(C)CCn1cc(Nc2ncc(C(F)(F)F)c(NCCCN3CCCCC3=O)n2)cn1. The summed E-state index contributed by atoms with van der Waals surface area (Å²) in [5, 5.41) is 9.88. The Labute approximate surface area is 185 Å². The maximum absolute atomic E-state index is 13.4. The van der Waals surface area contributed by atoms with Gasteiger partial charge < -0.3 is 20.4 Å². The zero-order valence-corrected chi connectivity index (χ0v) is 18.3. The summed E-state index contributed by atoms with van der Waals surface area (Å²) in [6.45, 7) is 2.95. The van der Waals surface area contributed by atoms with Gasteiger partial charge in [-0.3, -0.25) is 9.48 Å². The van der Waals surface area contributed by atoms with E-state index >= 15 is 0 Å². The van der Waals surface area contributed by atoms with Crippen molar-refractivity contribution in [3.8, 4) is 0 Å². The summed E-state index contributed by atoms with van der Waals surface area (Å²) in [7, 11) is 3.91. The molecule has 1 fully saturated rings. The minimum absolute atomic E-state index is 0.0406. The number of hydrogen-bond donors (Lipinski definition) is 2. The van der Waals surface area contributed by atoms with E-state index in [-0.39, 0.29) is 24.2 Å². The molecule has 0 aliphatic carbocycles. The number of nitrogens with one attached hydrogen (secondary N) is 2. The highest BCUT2D eigenvalue weighted by Crippen LogP contribution is 2.34. The number of anilines is 3. The molecule has 0 spiro atoms. The summed E-state index contributed by atoms with van der Waals surface area (Å²) < 4.78 is 41.9. The third-order valence-corrected chi connectivity index (χ3v) is 5.08. The van der Waals surface area contributed by atoms with Crippen LogP contribution in [0.15, 0.2) is 18.6 Å². The maximum Gasteiger partial charge on any atom is 0.421 e. The molecule has 0 radical (unpaired) electrons. The van der Waals surface area contributed by atoms with E-state index in [9.17, 15) is 18.0 Å². The highest BCUT2D eigenvalue weighted by Gasteiger charge is 2.35. The van der Waals surface area contributed by atoms with Gasteiger partial charge in [0.05, 0.1) is 18.4 Å². The number of carbonyl (C=O) groups excluding carboxylic acids is 1. The van der Waals surface area contributed by atoms with Gasteiger partial charge in [-0.05, 0) is 33.4 Å². The third-order valence-electron chi connectivity index (χ3n) is 5.08. The van der Waals surface area contributed by atoms with Crippen LogP contribution in [0.1, 0.15) is 31.2 Å². The number of alkyl halides is 3. The Morgan fingerprint density at radius 2 is 2.00 bits per heavy atom. The van der Waals surface area contributed by atoms with Crippen molar-refractivity contribution >= 4 is 23.4 Å². The summed E-state index contributed by atoms with van der Waals surface area (Å²) in [6, 6.07) is 0. The van der Waals surface area contributed by atoms with Crippen molar-refractivity contribution in [3.05, 3.63) is 24.2 Å². The van der Waals surface area contributed by atoms with Crippen molar-refractivity contribution in [1.29, 1.82) is 0 Å². The van der Waals surface area contributed by atoms with Crippen molar-refractivity contribution in [1.82, 2.24) is 29.5 Å². The number of aromatic nitrogens is 4. The minimum atomic E-state index is -4.58. The molecule has 0 saturated carbocycles. The number of hydrogen-bond acceptors (Lipinski definition) is 7. The number of halogens is 3. The zero-order valence-electron chi connectivity index (χ0n) is 18.3. The van der Waals surface area contributed by atoms with E-state index in [1.165, 1.54) is 0 Å². The van der Waals surface area contributed by atoms with Crippen LogP contribution in [-0.4, -0.2) is 75.7 Å². The van der Waals surface area contributed by atoms with Gasteiger partial charge in [-0.25, -0.2) is 4.98 Å². The first-order valence-electron chi connectivity index (χ1n) is 10.6. The number of carbonyl (C=O) groups is 1. The van der Waals surface area contributed by atoms with Crippen LogP contribution in [-0.2, 0) is 17.5 Å². The van der Waals surface area contributed by atoms with Crippen LogP contribution >= 0.6 is 0 Å². The fourth-order valence-electron chi connectivity index (χ4n) is 3.34. The predicted molar refractivity (Wildman–Crippen MR) is 115 cm³/mol. The van der Waals surface area contributed by atoms with Gasteiger partial charge in [-0.1, -0.05) is 0 Å². The monoisotopic (exact) mass is 454 g/mol. The number of rotatable bonds is 10. The lowest BCUT2D eigenvalue weighted by molar-refractivity contribution is -0.137. The van der Waals surface area contributed by atoms with Gasteiger partial charge in [0.1, 0.15) is 11.4 Å². The van der Waals surface area contributed by atoms with E-state index in [0.717, 1.165) is 25.6 Å². The standard InChI is InChI=1S/C20H29F3N8O/c1-29(2)10-11-31-14-15(12-26-31)27-19-25-13-16(20(21,22)23)18(28-19)24-7-5-9-30-8-4-3-6-17(30)32/h12-14H,3-11H2,1-2H3,(H2,24,25,27,28). The van der Waals surface area contributed by atoms with E-state index in [1.54, 1.807) is 22.0 Å². The molecular formula is C20H29F3N8O. The lowest BCUT2D eigenvalue weighted by atomic mass is 10.1. The number of nitrogens with zero attached hydrogens (tertiary/aromatic N) is 6. The fourth-order valence-corrected chi connectivity index (χ4v) is 3.34. The van der Waals surface area contributed by atoms with Crippen molar-refractivity contribution in [2.75, 3.05) is 50.9 Å². The van der Waals surface area contributed by atoms with Crippen LogP contribution in [0.3, 0.4) is 0 Å². The Bertz CT molecular complexity index is 899. The van der Waals surface area contributed by atoms with Crippen molar-refractivity contribution in [2.45, 2.75) is 38.4 Å². The van der Waals surface area contributed by atoms with Crippen LogP contribution in [0.25, 0.3) is 0 Å². The highest BCUT2D eigenvalue weighted by molar-refractivity contribution is 5.76. The summed E-state index contributed by atoms with van der Waals surface area (Å²) in [5.41, 5.74) is -0.350. The van der Waals surface area contributed by atoms with Crippen LogP contribution in [0.4, 0.5) is 30.6 Å². The molecule has 32 heavy (non-hydrogen) atoms. The second-order valence-electron chi connectivity index (χ2n) is 7.99. The number of likely N-dealkylation sites (N-methyl/N-ethyl adjacent to an activating group) is 1. The summed E-state index contributed by atoms with van der Waals surface area (Å²) in [4.78, 5) is 23.5. The number of likely N-dealkylation sites (tertiary alicyclic amines) is 1. The van der Waals surface area contributed by atoms with Gasteiger partial charge in [0.25, 0.3) is 0 Å². The zero-order chi connectivity index (χ0) is 23.1. The Balaban J connectivity index is 1.62. The smallest absolute Gasteiger partial charge is 0.369 e. The lowest BCUT2D eigenvalue weighted by Gasteiger charge is -2.26. The van der Waals surface area contributed by atoms with E-state index in [4.69, 9.17) is 0 Å². The Morgan fingerprint density at radius 3 is 2.72 bits per heavy atom. The average molecular weight is 455 g/mol. The molecular weight excluding hydrogens is 425 g/mol. The molecule has 176 valence electrons. The second kappa shape index (κ2) is 10.6. The molecule has 1 aliphatic rings. The molecule has 3 heterocycles. The Kier molecular flexibility index (Phi) is 7.89. The molecule has 2 aromatic heterocycles. The quantitative estimate of drug-likeness (QED) is 0.534. The summed E-state index contributed by atoms with van der Waals surface area (Å²) >= 11 is 0. The highest BCUT2D eigenvalue weighted by atomic mass is 19.4. The predicted octanol–water partition coefficient (Wildman–Crippen LogP) is 2.81. The van der Waals surface area contributed by atoms with Gasteiger partial charge in [0.15, 0.2) is 0 Å². The molecule has 1 amide bonds. The van der Waals surface area contributed by atoms with Gasteiger partial charge in [0, 0.05) is 45.0 Å². The van der Waals surface area contributed by atoms with Crippen molar-refractivity contribution < 1.29 is 18.0 Å². The molecule has 9 nitrogen and oxygen atoms in total. The van der Waals surface area contributed by atoms with Crippen LogP contribution < -0.4 is 10.6 Å². The molecule has 0 aromatic carbocycles. The molecule has 3 rings (SSSR count). The van der Waals surface area contributed by atoms with Gasteiger partial charge in [-0.2, -0.15) is 23.3 Å². The van der Waals surface area contributed by atoms with Crippen LogP contribution in [0.5, 0.6) is 0 Å². The van der Waals surface area contributed by atoms with Gasteiger partial charge in [-0.15, -0.1) is 0 Å². The summed E-state index contributed by atoms with van der Waals surface area (Å²) in [5.74, 6) is -0.147. The molecule has 2 N–H and O–H groups in total.